The average Bonchev–Trinajstić information content (AvgIpc) is 3.00. The van der Waals surface area contributed by atoms with Crippen LogP contribution in [-0.4, -0.2) is 18.5 Å². The second-order valence-electron chi connectivity index (χ2n) is 6.64. The Morgan fingerprint density at radius 1 is 0.905 bits per heavy atom. The molecular formula is C19H36O2. The van der Waals surface area contributed by atoms with E-state index in [1.54, 1.807) is 0 Å². The van der Waals surface area contributed by atoms with Crippen molar-refractivity contribution in [2.45, 2.75) is 109 Å². The molecule has 1 aliphatic rings. The number of carbonyl (C=O) groups is 1. The van der Waals surface area contributed by atoms with Gasteiger partial charge < -0.3 is 4.74 Å². The molecule has 0 aromatic heterocycles. The van der Waals surface area contributed by atoms with E-state index >= 15 is 0 Å². The van der Waals surface area contributed by atoms with Gasteiger partial charge in [-0.25, -0.2) is 0 Å². The zero-order valence-corrected chi connectivity index (χ0v) is 14.2. The van der Waals surface area contributed by atoms with Gasteiger partial charge in [0.15, 0.2) is 0 Å². The van der Waals surface area contributed by atoms with Crippen LogP contribution < -0.4 is 0 Å². The molecule has 0 saturated carbocycles. The van der Waals surface area contributed by atoms with Crippen molar-refractivity contribution >= 4 is 5.78 Å². The van der Waals surface area contributed by atoms with Crippen LogP contribution in [0.15, 0.2) is 0 Å². The minimum atomic E-state index is 0.377. The number of ether oxygens (including phenoxy) is 1. The molecule has 0 amide bonds. The van der Waals surface area contributed by atoms with Crippen LogP contribution in [0.2, 0.25) is 0 Å². The molecule has 1 heterocycles. The van der Waals surface area contributed by atoms with Crippen molar-refractivity contribution in [3.63, 3.8) is 0 Å². The number of unbranched alkanes of at least 4 members (excludes halogenated alkanes) is 9. The van der Waals surface area contributed by atoms with Gasteiger partial charge in [-0.2, -0.15) is 0 Å². The average molecular weight is 296 g/mol. The zero-order valence-electron chi connectivity index (χ0n) is 14.2. The lowest BCUT2D eigenvalue weighted by atomic mass is 10.0. The van der Waals surface area contributed by atoms with Crippen LogP contribution in [0.3, 0.4) is 0 Å². The van der Waals surface area contributed by atoms with Gasteiger partial charge in [-0.1, -0.05) is 64.7 Å². The van der Waals surface area contributed by atoms with Gasteiger partial charge in [0.1, 0.15) is 5.78 Å². The van der Waals surface area contributed by atoms with Crippen molar-refractivity contribution < 1.29 is 9.53 Å². The van der Waals surface area contributed by atoms with Crippen LogP contribution in [0.25, 0.3) is 0 Å². The standard InChI is InChI=1S/C19H36O2/c1-2-3-4-5-6-7-8-9-10-11-13-18(20)15-16-19-14-12-17-21-19/h19H,2-17H2,1H3. The molecule has 1 unspecified atom stereocenters. The monoisotopic (exact) mass is 296 g/mol. The fourth-order valence-electron chi connectivity index (χ4n) is 3.13. The largest absolute Gasteiger partial charge is 0.378 e. The Bertz CT molecular complexity index is 244. The van der Waals surface area contributed by atoms with E-state index in [2.05, 4.69) is 6.92 Å². The first-order valence-corrected chi connectivity index (χ1v) is 9.46. The molecule has 0 radical (unpaired) electrons. The predicted octanol–water partition coefficient (Wildman–Crippen LogP) is 5.83. The first-order valence-electron chi connectivity index (χ1n) is 9.46. The summed E-state index contributed by atoms with van der Waals surface area (Å²) in [5.41, 5.74) is 0. The molecule has 21 heavy (non-hydrogen) atoms. The van der Waals surface area contributed by atoms with E-state index < -0.39 is 0 Å². The third-order valence-electron chi connectivity index (χ3n) is 4.58. The summed E-state index contributed by atoms with van der Waals surface area (Å²) in [6.07, 6.45) is 18.5. The number of ketones is 1. The molecular weight excluding hydrogens is 260 g/mol. The number of Topliss-reactive ketones (excluding diaryl/α,β-unsaturated/α-hetero) is 1. The molecule has 124 valence electrons. The van der Waals surface area contributed by atoms with Gasteiger partial charge in [0.25, 0.3) is 0 Å². The van der Waals surface area contributed by atoms with Crippen molar-refractivity contribution in [3.8, 4) is 0 Å². The maximum absolute atomic E-state index is 11.8. The highest BCUT2D eigenvalue weighted by Crippen LogP contribution is 2.18. The van der Waals surface area contributed by atoms with E-state index in [1.165, 1.54) is 64.2 Å². The topological polar surface area (TPSA) is 26.3 Å². The molecule has 0 spiro atoms. The number of rotatable bonds is 14. The Hall–Kier alpha value is -0.370. The summed E-state index contributed by atoms with van der Waals surface area (Å²) in [4.78, 5) is 11.8. The molecule has 1 atom stereocenters. The second kappa shape index (κ2) is 13.3. The van der Waals surface area contributed by atoms with E-state index in [1.807, 2.05) is 0 Å². The summed E-state index contributed by atoms with van der Waals surface area (Å²) < 4.78 is 5.56. The van der Waals surface area contributed by atoms with Gasteiger partial charge in [0.05, 0.1) is 6.10 Å². The van der Waals surface area contributed by atoms with Crippen molar-refractivity contribution in [2.75, 3.05) is 6.61 Å². The number of hydrogen-bond acceptors (Lipinski definition) is 2. The van der Waals surface area contributed by atoms with Crippen molar-refractivity contribution in [1.29, 1.82) is 0 Å². The summed E-state index contributed by atoms with van der Waals surface area (Å²) in [6, 6.07) is 0. The summed E-state index contributed by atoms with van der Waals surface area (Å²) in [6.45, 7) is 3.17. The predicted molar refractivity (Wildman–Crippen MR) is 89.7 cm³/mol. The fraction of sp³-hybridized carbons (Fsp3) is 0.947. The molecule has 1 fully saturated rings. The Morgan fingerprint density at radius 3 is 2.10 bits per heavy atom. The van der Waals surface area contributed by atoms with Gasteiger partial charge in [-0.05, 0) is 25.7 Å². The lowest BCUT2D eigenvalue weighted by Gasteiger charge is -2.08. The normalized spacial score (nSPS) is 18.2. The summed E-state index contributed by atoms with van der Waals surface area (Å²) in [5, 5.41) is 0. The lowest BCUT2D eigenvalue weighted by molar-refractivity contribution is -0.119. The van der Waals surface area contributed by atoms with E-state index in [9.17, 15) is 4.79 Å². The molecule has 0 aromatic carbocycles. The van der Waals surface area contributed by atoms with Crippen molar-refractivity contribution in [1.82, 2.24) is 0 Å². The van der Waals surface area contributed by atoms with Gasteiger partial charge in [0.2, 0.25) is 0 Å². The fourth-order valence-corrected chi connectivity index (χ4v) is 3.13. The third kappa shape index (κ3) is 10.9. The van der Waals surface area contributed by atoms with Crippen LogP contribution in [0, 0.1) is 0 Å². The van der Waals surface area contributed by atoms with Gasteiger partial charge in [0, 0.05) is 19.4 Å². The summed E-state index contributed by atoms with van der Waals surface area (Å²) in [5.74, 6) is 0.449. The Kier molecular flexibility index (Phi) is 11.8. The van der Waals surface area contributed by atoms with E-state index in [0.717, 1.165) is 38.7 Å². The van der Waals surface area contributed by atoms with Crippen LogP contribution >= 0.6 is 0 Å². The molecule has 0 N–H and O–H groups in total. The van der Waals surface area contributed by atoms with Crippen LogP contribution in [0.5, 0.6) is 0 Å². The van der Waals surface area contributed by atoms with Gasteiger partial charge >= 0.3 is 0 Å². The van der Waals surface area contributed by atoms with Crippen molar-refractivity contribution in [3.05, 3.63) is 0 Å². The van der Waals surface area contributed by atoms with Gasteiger partial charge in [-0.15, -0.1) is 0 Å². The van der Waals surface area contributed by atoms with Crippen LogP contribution in [0.1, 0.15) is 103 Å². The molecule has 1 aliphatic heterocycles. The zero-order chi connectivity index (χ0) is 15.2. The van der Waals surface area contributed by atoms with Crippen molar-refractivity contribution in [2.24, 2.45) is 0 Å². The molecule has 1 saturated heterocycles. The minimum absolute atomic E-state index is 0.377. The van der Waals surface area contributed by atoms with Crippen LogP contribution in [0.4, 0.5) is 0 Å². The van der Waals surface area contributed by atoms with E-state index in [4.69, 9.17) is 4.74 Å². The Labute approximate surface area is 132 Å². The Morgan fingerprint density at radius 2 is 1.52 bits per heavy atom. The lowest BCUT2D eigenvalue weighted by Crippen LogP contribution is -2.08. The molecule has 2 heteroatoms. The summed E-state index contributed by atoms with van der Waals surface area (Å²) in [7, 11) is 0. The highest BCUT2D eigenvalue weighted by Gasteiger charge is 2.16. The third-order valence-corrected chi connectivity index (χ3v) is 4.58. The number of carbonyl (C=O) groups excluding carboxylic acids is 1. The molecule has 0 aromatic rings. The maximum Gasteiger partial charge on any atom is 0.133 e. The smallest absolute Gasteiger partial charge is 0.133 e. The number of hydrogen-bond donors (Lipinski definition) is 0. The second-order valence-corrected chi connectivity index (χ2v) is 6.64. The molecule has 2 nitrogen and oxygen atoms in total. The molecule has 0 bridgehead atoms. The van der Waals surface area contributed by atoms with E-state index in [-0.39, 0.29) is 0 Å². The quantitative estimate of drug-likeness (QED) is 0.377. The highest BCUT2D eigenvalue weighted by atomic mass is 16.5. The van der Waals surface area contributed by atoms with Crippen LogP contribution in [-0.2, 0) is 9.53 Å². The first kappa shape index (κ1) is 18.7. The summed E-state index contributed by atoms with van der Waals surface area (Å²) >= 11 is 0. The molecule has 1 rings (SSSR count). The minimum Gasteiger partial charge on any atom is -0.378 e. The Balaban J connectivity index is 1.77. The first-order chi connectivity index (χ1) is 10.3. The SMILES string of the molecule is CCCCCCCCCCCCC(=O)CCC1CCCO1. The maximum atomic E-state index is 11.8. The highest BCUT2D eigenvalue weighted by molar-refractivity contribution is 5.78. The van der Waals surface area contributed by atoms with E-state index in [0.29, 0.717) is 11.9 Å². The molecule has 0 aliphatic carbocycles. The van der Waals surface area contributed by atoms with Gasteiger partial charge in [-0.3, -0.25) is 4.79 Å².